The lowest BCUT2D eigenvalue weighted by atomic mass is 9.83. The summed E-state index contributed by atoms with van der Waals surface area (Å²) >= 11 is 0. The Morgan fingerprint density at radius 1 is 1.47 bits per heavy atom. The van der Waals surface area contributed by atoms with Gasteiger partial charge in [-0.3, -0.25) is 9.59 Å². The molecule has 1 aromatic heterocycles. The number of amides is 1. The zero-order valence-corrected chi connectivity index (χ0v) is 11.0. The first-order chi connectivity index (χ1) is 9.02. The molecule has 0 radical (unpaired) electrons. The van der Waals surface area contributed by atoms with Crippen molar-refractivity contribution in [2.75, 3.05) is 13.1 Å². The first-order valence-electron chi connectivity index (χ1n) is 6.38. The first kappa shape index (κ1) is 13.3. The van der Waals surface area contributed by atoms with Crippen molar-refractivity contribution in [3.8, 4) is 6.07 Å². The number of piperidine rings is 1. The summed E-state index contributed by atoms with van der Waals surface area (Å²) in [7, 11) is 0. The van der Waals surface area contributed by atoms with Crippen LogP contribution in [0.1, 0.15) is 19.8 Å². The molecule has 2 heterocycles. The standard InChI is InChI=1S/C14H17N3O2/c1-14(10-15)5-2-6-17(11-14)13(19)9-16-7-3-12(18)4-8-16/h3-4,7-8H,2,5-6,9,11H2,1H3/t14-/m1/s1. The van der Waals surface area contributed by atoms with Gasteiger partial charge in [0, 0.05) is 37.6 Å². The molecule has 5 nitrogen and oxygen atoms in total. The van der Waals surface area contributed by atoms with Crippen LogP contribution in [0.2, 0.25) is 0 Å². The Bertz CT molecular complexity index is 552. The maximum atomic E-state index is 12.2. The zero-order valence-electron chi connectivity index (χ0n) is 11.0. The highest BCUT2D eigenvalue weighted by molar-refractivity contribution is 5.76. The van der Waals surface area contributed by atoms with E-state index in [0.717, 1.165) is 12.8 Å². The Hall–Kier alpha value is -2.09. The van der Waals surface area contributed by atoms with E-state index in [0.29, 0.717) is 13.1 Å². The van der Waals surface area contributed by atoms with Crippen LogP contribution in [0.3, 0.4) is 0 Å². The zero-order chi connectivity index (χ0) is 13.9. The summed E-state index contributed by atoms with van der Waals surface area (Å²) in [5, 5.41) is 9.14. The van der Waals surface area contributed by atoms with Gasteiger partial charge in [-0.05, 0) is 19.8 Å². The first-order valence-corrected chi connectivity index (χ1v) is 6.38. The third kappa shape index (κ3) is 3.22. The van der Waals surface area contributed by atoms with Crippen molar-refractivity contribution >= 4 is 5.91 Å². The van der Waals surface area contributed by atoms with Crippen LogP contribution >= 0.6 is 0 Å². The Morgan fingerprint density at radius 2 is 2.16 bits per heavy atom. The van der Waals surface area contributed by atoms with Crippen molar-refractivity contribution in [2.45, 2.75) is 26.3 Å². The second-order valence-corrected chi connectivity index (χ2v) is 5.30. The molecule has 1 aliphatic heterocycles. The fourth-order valence-corrected chi connectivity index (χ4v) is 2.35. The molecule has 0 aromatic carbocycles. The summed E-state index contributed by atoms with van der Waals surface area (Å²) in [6, 6.07) is 5.16. The van der Waals surface area contributed by atoms with Gasteiger partial charge in [0.15, 0.2) is 5.43 Å². The number of hydrogen-bond donors (Lipinski definition) is 0. The quantitative estimate of drug-likeness (QED) is 0.795. The van der Waals surface area contributed by atoms with Crippen LogP contribution in [0, 0.1) is 16.7 Å². The van der Waals surface area contributed by atoms with Gasteiger partial charge in [0.2, 0.25) is 5.91 Å². The van der Waals surface area contributed by atoms with Crippen LogP contribution in [0.15, 0.2) is 29.3 Å². The van der Waals surface area contributed by atoms with Gasteiger partial charge in [-0.1, -0.05) is 0 Å². The number of nitrogens with zero attached hydrogens (tertiary/aromatic N) is 3. The van der Waals surface area contributed by atoms with Crippen LogP contribution in [0.4, 0.5) is 0 Å². The SMILES string of the molecule is C[C@]1(C#N)CCCN(C(=O)Cn2ccc(=O)cc2)C1. The molecule has 0 unspecified atom stereocenters. The van der Waals surface area contributed by atoms with Gasteiger partial charge in [-0.2, -0.15) is 5.26 Å². The molecule has 1 fully saturated rings. The van der Waals surface area contributed by atoms with Crippen LogP contribution in [0.5, 0.6) is 0 Å². The second kappa shape index (κ2) is 5.27. The van der Waals surface area contributed by atoms with Crippen molar-refractivity contribution in [3.05, 3.63) is 34.7 Å². The monoisotopic (exact) mass is 259 g/mol. The summed E-state index contributed by atoms with van der Waals surface area (Å²) in [6.45, 7) is 3.30. The summed E-state index contributed by atoms with van der Waals surface area (Å²) in [4.78, 5) is 24.9. The molecule has 1 atom stereocenters. The van der Waals surface area contributed by atoms with E-state index >= 15 is 0 Å². The van der Waals surface area contributed by atoms with Crippen LogP contribution in [0.25, 0.3) is 0 Å². The number of rotatable bonds is 2. The minimum atomic E-state index is -0.433. The molecule has 0 spiro atoms. The normalized spacial score (nSPS) is 22.8. The summed E-state index contributed by atoms with van der Waals surface area (Å²) in [6.07, 6.45) is 4.91. The predicted molar refractivity (Wildman–Crippen MR) is 70.2 cm³/mol. The van der Waals surface area contributed by atoms with Gasteiger partial charge in [0.25, 0.3) is 0 Å². The number of carbonyl (C=O) groups is 1. The van der Waals surface area contributed by atoms with E-state index in [2.05, 4.69) is 6.07 Å². The molecule has 2 rings (SSSR count). The Balaban J connectivity index is 2.02. The molecule has 1 aromatic rings. The van der Waals surface area contributed by atoms with Gasteiger partial charge in [0.05, 0.1) is 11.5 Å². The van der Waals surface area contributed by atoms with E-state index in [1.54, 1.807) is 21.9 Å². The molecule has 1 amide bonds. The molecule has 1 saturated heterocycles. The van der Waals surface area contributed by atoms with Gasteiger partial charge in [-0.15, -0.1) is 0 Å². The largest absolute Gasteiger partial charge is 0.345 e. The number of likely N-dealkylation sites (tertiary alicyclic amines) is 1. The predicted octanol–water partition coefficient (Wildman–Crippen LogP) is 1.00. The van der Waals surface area contributed by atoms with Crippen molar-refractivity contribution in [1.82, 2.24) is 9.47 Å². The van der Waals surface area contributed by atoms with Gasteiger partial charge in [0.1, 0.15) is 6.54 Å². The van der Waals surface area contributed by atoms with Crippen molar-refractivity contribution in [3.63, 3.8) is 0 Å². The third-order valence-electron chi connectivity index (χ3n) is 3.50. The van der Waals surface area contributed by atoms with Crippen molar-refractivity contribution < 1.29 is 4.79 Å². The van der Waals surface area contributed by atoms with Crippen molar-refractivity contribution in [2.24, 2.45) is 5.41 Å². The van der Waals surface area contributed by atoms with E-state index in [9.17, 15) is 9.59 Å². The van der Waals surface area contributed by atoms with Crippen LogP contribution < -0.4 is 5.43 Å². The van der Waals surface area contributed by atoms with E-state index < -0.39 is 5.41 Å². The summed E-state index contributed by atoms with van der Waals surface area (Å²) in [5.74, 6) is -0.00942. The minimum absolute atomic E-state index is 0.00942. The van der Waals surface area contributed by atoms with E-state index in [4.69, 9.17) is 5.26 Å². The Kier molecular flexibility index (Phi) is 3.70. The molecular formula is C14H17N3O2. The van der Waals surface area contributed by atoms with Gasteiger partial charge in [-0.25, -0.2) is 0 Å². The smallest absolute Gasteiger partial charge is 0.242 e. The number of aromatic nitrogens is 1. The molecule has 100 valence electrons. The lowest BCUT2D eigenvalue weighted by molar-refractivity contribution is -0.134. The highest BCUT2D eigenvalue weighted by atomic mass is 16.2. The highest BCUT2D eigenvalue weighted by Crippen LogP contribution is 2.28. The molecule has 19 heavy (non-hydrogen) atoms. The molecule has 0 saturated carbocycles. The number of nitriles is 1. The van der Waals surface area contributed by atoms with E-state index in [1.165, 1.54) is 12.1 Å². The number of carbonyl (C=O) groups excluding carboxylic acids is 1. The maximum absolute atomic E-state index is 12.2. The molecule has 0 bridgehead atoms. The van der Waals surface area contributed by atoms with E-state index in [-0.39, 0.29) is 17.9 Å². The maximum Gasteiger partial charge on any atom is 0.242 e. The fourth-order valence-electron chi connectivity index (χ4n) is 2.35. The topological polar surface area (TPSA) is 66.1 Å². The average molecular weight is 259 g/mol. The fraction of sp³-hybridized carbons (Fsp3) is 0.500. The minimum Gasteiger partial charge on any atom is -0.345 e. The Labute approximate surface area is 112 Å². The van der Waals surface area contributed by atoms with Gasteiger partial charge >= 0.3 is 0 Å². The number of pyridine rings is 1. The van der Waals surface area contributed by atoms with Gasteiger partial charge < -0.3 is 9.47 Å². The number of hydrogen-bond acceptors (Lipinski definition) is 3. The van der Waals surface area contributed by atoms with Crippen LogP contribution in [-0.2, 0) is 11.3 Å². The second-order valence-electron chi connectivity index (χ2n) is 5.30. The van der Waals surface area contributed by atoms with Crippen LogP contribution in [-0.4, -0.2) is 28.5 Å². The van der Waals surface area contributed by atoms with Crippen molar-refractivity contribution in [1.29, 1.82) is 5.26 Å². The third-order valence-corrected chi connectivity index (χ3v) is 3.50. The summed E-state index contributed by atoms with van der Waals surface area (Å²) < 4.78 is 1.68. The summed E-state index contributed by atoms with van der Waals surface area (Å²) in [5.41, 5.74) is -0.504. The molecule has 1 aliphatic rings. The lowest BCUT2D eigenvalue weighted by Crippen LogP contribution is -2.45. The lowest BCUT2D eigenvalue weighted by Gasteiger charge is -2.36. The molecular weight excluding hydrogens is 242 g/mol. The molecule has 5 heteroatoms. The molecule has 0 N–H and O–H groups in total. The molecule has 0 aliphatic carbocycles. The average Bonchev–Trinajstić information content (AvgIpc) is 2.41. The highest BCUT2D eigenvalue weighted by Gasteiger charge is 2.32. The Morgan fingerprint density at radius 3 is 2.79 bits per heavy atom. The van der Waals surface area contributed by atoms with E-state index in [1.807, 2.05) is 6.92 Å².